The lowest BCUT2D eigenvalue weighted by atomic mass is 10.1. The van der Waals surface area contributed by atoms with E-state index in [-0.39, 0.29) is 24.0 Å². The van der Waals surface area contributed by atoms with Gasteiger partial charge in [-0.25, -0.2) is 4.79 Å². The average Bonchev–Trinajstić information content (AvgIpc) is 2.84. The van der Waals surface area contributed by atoms with Crippen molar-refractivity contribution in [1.29, 1.82) is 0 Å². The molecule has 1 rings (SSSR count). The van der Waals surface area contributed by atoms with Gasteiger partial charge >= 0.3 is 6.03 Å². The van der Waals surface area contributed by atoms with E-state index >= 15 is 0 Å². The summed E-state index contributed by atoms with van der Waals surface area (Å²) in [6, 6.07) is -0.226. The zero-order valence-corrected chi connectivity index (χ0v) is 13.2. The number of aliphatic hydroxyl groups excluding tert-OH is 1. The smallest absolute Gasteiger partial charge is 0.314 e. The van der Waals surface area contributed by atoms with E-state index < -0.39 is 0 Å². The maximum atomic E-state index is 11.6. The van der Waals surface area contributed by atoms with Crippen LogP contribution in [-0.4, -0.2) is 40.5 Å². The van der Waals surface area contributed by atoms with Crippen LogP contribution in [0.15, 0.2) is 4.52 Å². The monoisotopic (exact) mass is 298 g/mol. The Morgan fingerprint density at radius 2 is 2.00 bits per heavy atom. The highest BCUT2D eigenvalue weighted by Crippen LogP contribution is 2.09. The zero-order chi connectivity index (χ0) is 15.8. The summed E-state index contributed by atoms with van der Waals surface area (Å²) in [6.07, 6.45) is 0.828. The molecule has 0 aliphatic carbocycles. The predicted molar refractivity (Wildman–Crippen MR) is 79.0 cm³/mol. The largest absolute Gasteiger partial charge is 0.393 e. The van der Waals surface area contributed by atoms with Gasteiger partial charge in [0.15, 0.2) is 5.82 Å². The van der Waals surface area contributed by atoms with Crippen LogP contribution in [0.2, 0.25) is 0 Å². The Balaban J connectivity index is 2.18. The van der Waals surface area contributed by atoms with Gasteiger partial charge in [0.1, 0.15) is 0 Å². The summed E-state index contributed by atoms with van der Waals surface area (Å²) in [7, 11) is 0. The van der Waals surface area contributed by atoms with E-state index in [1.54, 1.807) is 6.92 Å². The van der Waals surface area contributed by atoms with E-state index in [4.69, 9.17) is 4.52 Å². The molecule has 0 bridgehead atoms. The second kappa shape index (κ2) is 8.61. The molecule has 0 aliphatic rings. The number of aromatic nitrogens is 2. The maximum Gasteiger partial charge on any atom is 0.314 e. The van der Waals surface area contributed by atoms with Gasteiger partial charge in [-0.2, -0.15) is 4.98 Å². The minimum absolute atomic E-state index is 0.226. The third-order valence-corrected chi connectivity index (χ3v) is 2.98. The summed E-state index contributed by atoms with van der Waals surface area (Å²) in [5.41, 5.74) is 0. The molecule has 0 saturated heterocycles. The minimum Gasteiger partial charge on any atom is -0.393 e. The highest BCUT2D eigenvalue weighted by Gasteiger charge is 2.10. The molecular weight excluding hydrogens is 272 g/mol. The van der Waals surface area contributed by atoms with Crippen LogP contribution in [-0.2, 0) is 6.42 Å². The molecular formula is C14H26N4O3. The highest BCUT2D eigenvalue weighted by atomic mass is 16.5. The molecule has 0 radical (unpaired) electrons. The van der Waals surface area contributed by atoms with Crippen molar-refractivity contribution in [2.24, 2.45) is 5.92 Å². The minimum atomic E-state index is -0.349. The molecule has 3 N–H and O–H groups in total. The first-order chi connectivity index (χ1) is 9.88. The van der Waals surface area contributed by atoms with Crippen molar-refractivity contribution in [3.63, 3.8) is 0 Å². The van der Waals surface area contributed by atoms with Crippen LogP contribution >= 0.6 is 0 Å². The van der Waals surface area contributed by atoms with Crippen LogP contribution in [0.3, 0.4) is 0 Å². The summed E-state index contributed by atoms with van der Waals surface area (Å²) < 4.78 is 5.09. The lowest BCUT2D eigenvalue weighted by Gasteiger charge is -2.14. The first-order valence-electron chi connectivity index (χ1n) is 7.40. The lowest BCUT2D eigenvalue weighted by Crippen LogP contribution is -2.39. The predicted octanol–water partition coefficient (Wildman–Crippen LogP) is 1.44. The molecule has 7 heteroatoms. The molecule has 1 aromatic heterocycles. The molecule has 7 nitrogen and oxygen atoms in total. The van der Waals surface area contributed by atoms with Gasteiger partial charge in [0.05, 0.1) is 6.10 Å². The van der Waals surface area contributed by atoms with Gasteiger partial charge in [0, 0.05) is 25.4 Å². The lowest BCUT2D eigenvalue weighted by molar-refractivity contribution is 0.163. The second-order valence-electron chi connectivity index (χ2n) is 5.78. The molecule has 1 aromatic rings. The van der Waals surface area contributed by atoms with Crippen LogP contribution in [0.5, 0.6) is 0 Å². The van der Waals surface area contributed by atoms with Gasteiger partial charge < -0.3 is 20.3 Å². The van der Waals surface area contributed by atoms with Gasteiger partial charge in [0.25, 0.3) is 0 Å². The fourth-order valence-corrected chi connectivity index (χ4v) is 1.88. The van der Waals surface area contributed by atoms with Gasteiger partial charge in [-0.1, -0.05) is 25.9 Å². The number of amides is 2. The third kappa shape index (κ3) is 7.08. The molecule has 0 spiro atoms. The van der Waals surface area contributed by atoms with E-state index in [1.165, 1.54) is 0 Å². The molecule has 0 saturated carbocycles. The first-order valence-corrected chi connectivity index (χ1v) is 7.40. The summed E-state index contributed by atoms with van der Waals surface area (Å²) in [5.74, 6) is 1.68. The first kappa shape index (κ1) is 17.4. The van der Waals surface area contributed by atoms with Crippen molar-refractivity contribution >= 4 is 6.03 Å². The van der Waals surface area contributed by atoms with Crippen molar-refractivity contribution < 1.29 is 14.4 Å². The van der Waals surface area contributed by atoms with Crippen molar-refractivity contribution in [2.75, 3.05) is 13.1 Å². The maximum absolute atomic E-state index is 11.6. The number of hydrogen-bond donors (Lipinski definition) is 3. The molecule has 1 heterocycles. The zero-order valence-electron chi connectivity index (χ0n) is 13.2. The molecule has 2 atom stereocenters. The molecule has 0 fully saturated rings. The molecule has 120 valence electrons. The van der Waals surface area contributed by atoms with E-state index in [1.807, 2.05) is 20.8 Å². The SMILES string of the molecule is CC(O)CC(C)CNC(=O)NCCc1nc(C(C)C)no1. The Labute approximate surface area is 125 Å². The number of hydrogen-bond acceptors (Lipinski definition) is 5. The van der Waals surface area contributed by atoms with Crippen molar-refractivity contribution in [3.8, 4) is 0 Å². The number of urea groups is 1. The molecule has 0 aromatic carbocycles. The summed E-state index contributed by atoms with van der Waals surface area (Å²) in [4.78, 5) is 15.8. The van der Waals surface area contributed by atoms with E-state index in [9.17, 15) is 9.90 Å². The Bertz CT molecular complexity index is 432. The normalized spacial score (nSPS) is 14.0. The molecule has 2 amide bonds. The van der Waals surface area contributed by atoms with Crippen LogP contribution < -0.4 is 10.6 Å². The standard InChI is InChI=1S/C14H26N4O3/c1-9(2)13-17-12(21-18-13)5-6-15-14(20)16-8-10(3)7-11(4)19/h9-11,19H,5-8H2,1-4H3,(H2,15,16,20). The Morgan fingerprint density at radius 3 is 2.57 bits per heavy atom. The fraction of sp³-hybridized carbons (Fsp3) is 0.786. The number of rotatable bonds is 8. The van der Waals surface area contributed by atoms with Gasteiger partial charge in [0.2, 0.25) is 5.89 Å². The second-order valence-corrected chi connectivity index (χ2v) is 5.78. The molecule has 21 heavy (non-hydrogen) atoms. The van der Waals surface area contributed by atoms with Gasteiger partial charge in [-0.05, 0) is 19.3 Å². The van der Waals surface area contributed by atoms with Crippen LogP contribution in [0.4, 0.5) is 4.79 Å². The average molecular weight is 298 g/mol. The van der Waals surface area contributed by atoms with Crippen LogP contribution in [0.25, 0.3) is 0 Å². The van der Waals surface area contributed by atoms with Gasteiger partial charge in [-0.3, -0.25) is 0 Å². The van der Waals surface area contributed by atoms with Crippen molar-refractivity contribution in [3.05, 3.63) is 11.7 Å². The van der Waals surface area contributed by atoms with Crippen LogP contribution in [0.1, 0.15) is 51.7 Å². The molecule has 0 aliphatic heterocycles. The highest BCUT2D eigenvalue weighted by molar-refractivity contribution is 5.73. The number of nitrogens with zero attached hydrogens (tertiary/aromatic N) is 2. The summed E-state index contributed by atoms with van der Waals surface area (Å²) >= 11 is 0. The fourth-order valence-electron chi connectivity index (χ4n) is 1.88. The van der Waals surface area contributed by atoms with E-state index in [2.05, 4.69) is 20.8 Å². The quantitative estimate of drug-likeness (QED) is 0.674. The van der Waals surface area contributed by atoms with Crippen LogP contribution in [0, 0.1) is 5.92 Å². The number of nitrogens with one attached hydrogen (secondary N) is 2. The number of carbonyl (C=O) groups is 1. The van der Waals surface area contributed by atoms with Gasteiger partial charge in [-0.15, -0.1) is 0 Å². The van der Waals surface area contributed by atoms with Crippen molar-refractivity contribution in [1.82, 2.24) is 20.8 Å². The van der Waals surface area contributed by atoms with Crippen molar-refractivity contribution in [2.45, 2.75) is 52.6 Å². The number of carbonyl (C=O) groups excluding carboxylic acids is 1. The molecule has 2 unspecified atom stereocenters. The number of aliphatic hydroxyl groups is 1. The topological polar surface area (TPSA) is 100 Å². The Morgan fingerprint density at radius 1 is 1.29 bits per heavy atom. The Kier molecular flexibility index (Phi) is 7.14. The summed E-state index contributed by atoms with van der Waals surface area (Å²) in [5, 5.41) is 18.6. The Hall–Kier alpha value is -1.63. The van der Waals surface area contributed by atoms with E-state index in [0.29, 0.717) is 37.6 Å². The summed E-state index contributed by atoms with van der Waals surface area (Å²) in [6.45, 7) is 8.69. The third-order valence-electron chi connectivity index (χ3n) is 2.98. The van der Waals surface area contributed by atoms with E-state index in [0.717, 1.165) is 0 Å².